The smallest absolute Gasteiger partial charge is 0.228 e. The summed E-state index contributed by atoms with van der Waals surface area (Å²) in [6, 6.07) is 6.95. The average Bonchev–Trinajstić information content (AvgIpc) is 2.76. The molecule has 0 N–H and O–H groups in total. The van der Waals surface area contributed by atoms with Crippen molar-refractivity contribution < 1.29 is 13.2 Å². The van der Waals surface area contributed by atoms with Gasteiger partial charge in [-0.3, -0.25) is 0 Å². The van der Waals surface area contributed by atoms with Gasteiger partial charge in [-0.05, 0) is 31.0 Å². The van der Waals surface area contributed by atoms with Crippen molar-refractivity contribution in [2.75, 3.05) is 0 Å². The number of hydrogen-bond donors (Lipinski definition) is 0. The summed E-state index contributed by atoms with van der Waals surface area (Å²) in [6.07, 6.45) is -3.77. The Balaban J connectivity index is 2.69. The molecular weight excluding hydrogens is 267 g/mol. The minimum atomic E-state index is -4.56. The van der Waals surface area contributed by atoms with Crippen LogP contribution in [0.1, 0.15) is 22.4 Å². The van der Waals surface area contributed by atoms with Crippen molar-refractivity contribution in [3.63, 3.8) is 0 Å². The van der Waals surface area contributed by atoms with Crippen LogP contribution in [0, 0.1) is 25.2 Å². The highest BCUT2D eigenvalue weighted by Gasteiger charge is 2.38. The number of rotatable bonds is 2. The molecule has 104 valence electrons. The summed E-state index contributed by atoms with van der Waals surface area (Å²) in [4.78, 5) is 0. The molecule has 1 heterocycles. The molecule has 6 heteroatoms. The zero-order valence-electron chi connectivity index (χ0n) is 11.0. The minimum Gasteiger partial charge on any atom is -0.228 e. The van der Waals surface area contributed by atoms with E-state index in [1.165, 1.54) is 0 Å². The molecule has 0 radical (unpaired) electrons. The summed E-state index contributed by atoms with van der Waals surface area (Å²) < 4.78 is 40.5. The normalized spacial score (nSPS) is 11.4. The lowest BCUT2D eigenvalue weighted by Crippen LogP contribution is -2.16. The van der Waals surface area contributed by atoms with Gasteiger partial charge in [0.25, 0.3) is 0 Å². The first-order valence-electron chi connectivity index (χ1n) is 5.93. The molecule has 20 heavy (non-hydrogen) atoms. The van der Waals surface area contributed by atoms with Crippen molar-refractivity contribution >= 4 is 0 Å². The van der Waals surface area contributed by atoms with E-state index in [9.17, 15) is 13.2 Å². The summed E-state index contributed by atoms with van der Waals surface area (Å²) in [6.45, 7) is 3.52. The molecule has 0 saturated carbocycles. The van der Waals surface area contributed by atoms with E-state index in [4.69, 9.17) is 5.26 Å². The van der Waals surface area contributed by atoms with Gasteiger partial charge in [-0.15, -0.1) is 0 Å². The maximum Gasteiger partial charge on any atom is 0.433 e. The van der Waals surface area contributed by atoms with Crippen LogP contribution < -0.4 is 0 Å². The van der Waals surface area contributed by atoms with Gasteiger partial charge in [-0.1, -0.05) is 12.1 Å². The Bertz CT molecular complexity index is 678. The molecule has 1 aromatic carbocycles. The predicted octanol–water partition coefficient (Wildman–Crippen LogP) is 3.57. The summed E-state index contributed by atoms with van der Waals surface area (Å²) in [7, 11) is 0. The molecule has 0 aliphatic rings. The monoisotopic (exact) mass is 279 g/mol. The molecule has 3 nitrogen and oxygen atoms in total. The van der Waals surface area contributed by atoms with Gasteiger partial charge in [-0.2, -0.15) is 23.5 Å². The second-order valence-corrected chi connectivity index (χ2v) is 4.55. The van der Waals surface area contributed by atoms with Crippen molar-refractivity contribution in [1.82, 2.24) is 9.78 Å². The fourth-order valence-corrected chi connectivity index (χ4v) is 2.03. The standard InChI is InChI=1S/C14H12F3N3/c1-9-3-4-10(2)12(7-9)20-13(14(15,16)17)11(5-6-18)8-19-20/h3-4,7-8H,5H2,1-2H3. The van der Waals surface area contributed by atoms with Crippen LogP contribution >= 0.6 is 0 Å². The maximum absolute atomic E-state index is 13.2. The number of hydrogen-bond acceptors (Lipinski definition) is 2. The fourth-order valence-electron chi connectivity index (χ4n) is 2.03. The van der Waals surface area contributed by atoms with Gasteiger partial charge in [-0.25, -0.2) is 4.68 Å². The number of aromatic nitrogens is 2. The SMILES string of the molecule is Cc1ccc(C)c(-n2ncc(CC#N)c2C(F)(F)F)c1. The number of nitriles is 1. The minimum absolute atomic E-state index is 0.110. The van der Waals surface area contributed by atoms with Crippen molar-refractivity contribution in [3.8, 4) is 11.8 Å². The maximum atomic E-state index is 13.2. The van der Waals surface area contributed by atoms with Crippen molar-refractivity contribution in [1.29, 1.82) is 5.26 Å². The van der Waals surface area contributed by atoms with Gasteiger partial charge in [0.15, 0.2) is 5.69 Å². The van der Waals surface area contributed by atoms with Crippen LogP contribution in [0.2, 0.25) is 0 Å². The number of nitrogens with zero attached hydrogens (tertiary/aromatic N) is 3. The Morgan fingerprint density at radius 3 is 2.60 bits per heavy atom. The lowest BCUT2D eigenvalue weighted by molar-refractivity contribution is -0.143. The van der Waals surface area contributed by atoms with Crippen LogP contribution in [0.4, 0.5) is 13.2 Å². The third kappa shape index (κ3) is 2.52. The molecule has 0 aliphatic carbocycles. The molecule has 0 atom stereocenters. The van der Waals surface area contributed by atoms with E-state index >= 15 is 0 Å². The molecule has 0 saturated heterocycles. The first-order valence-corrected chi connectivity index (χ1v) is 5.93. The fraction of sp³-hybridized carbons (Fsp3) is 0.286. The van der Waals surface area contributed by atoms with Crippen LogP contribution in [0.25, 0.3) is 5.69 Å². The number of benzene rings is 1. The summed E-state index contributed by atoms with van der Waals surface area (Å²) in [5.74, 6) is 0. The Morgan fingerprint density at radius 1 is 1.30 bits per heavy atom. The largest absolute Gasteiger partial charge is 0.433 e. The molecule has 0 aliphatic heterocycles. The lowest BCUT2D eigenvalue weighted by atomic mass is 10.1. The summed E-state index contributed by atoms with van der Waals surface area (Å²) in [5, 5.41) is 12.5. The quantitative estimate of drug-likeness (QED) is 0.843. The Hall–Kier alpha value is -2.29. The molecule has 0 amide bonds. The zero-order chi connectivity index (χ0) is 14.9. The van der Waals surface area contributed by atoms with Crippen LogP contribution in [0.5, 0.6) is 0 Å². The molecule has 0 fully saturated rings. The Labute approximate surface area is 114 Å². The third-order valence-corrected chi connectivity index (χ3v) is 2.98. The Kier molecular flexibility index (Phi) is 3.53. The second kappa shape index (κ2) is 5.00. The van der Waals surface area contributed by atoms with Crippen molar-refractivity contribution in [2.45, 2.75) is 26.4 Å². The van der Waals surface area contributed by atoms with Crippen LogP contribution in [0.3, 0.4) is 0 Å². The molecule has 0 bridgehead atoms. The molecule has 2 aromatic rings. The van der Waals surface area contributed by atoms with Gasteiger partial charge in [0.2, 0.25) is 0 Å². The molecule has 2 rings (SSSR count). The Morgan fingerprint density at radius 2 is 2.00 bits per heavy atom. The first-order chi connectivity index (χ1) is 9.34. The van der Waals surface area contributed by atoms with E-state index in [-0.39, 0.29) is 12.0 Å². The van der Waals surface area contributed by atoms with Crippen molar-refractivity contribution in [2.24, 2.45) is 0 Å². The first kappa shape index (κ1) is 14.1. The average molecular weight is 279 g/mol. The molecule has 0 spiro atoms. The number of aryl methyl sites for hydroxylation is 2. The van der Waals surface area contributed by atoms with Crippen LogP contribution in [-0.4, -0.2) is 9.78 Å². The molecule has 1 aromatic heterocycles. The topological polar surface area (TPSA) is 41.6 Å². The predicted molar refractivity (Wildman–Crippen MR) is 67.4 cm³/mol. The highest BCUT2D eigenvalue weighted by Crippen LogP contribution is 2.34. The van der Waals surface area contributed by atoms with Gasteiger partial charge in [0, 0.05) is 5.56 Å². The van der Waals surface area contributed by atoms with E-state index in [1.54, 1.807) is 32.0 Å². The highest BCUT2D eigenvalue weighted by molar-refractivity contribution is 5.45. The van der Waals surface area contributed by atoms with Gasteiger partial charge in [0.05, 0.1) is 24.4 Å². The molecule has 0 unspecified atom stereocenters. The highest BCUT2D eigenvalue weighted by atomic mass is 19.4. The van der Waals surface area contributed by atoms with Crippen molar-refractivity contribution in [3.05, 3.63) is 46.8 Å². The number of halogens is 3. The zero-order valence-corrected chi connectivity index (χ0v) is 11.0. The van der Waals surface area contributed by atoms with Gasteiger partial charge < -0.3 is 0 Å². The third-order valence-electron chi connectivity index (χ3n) is 2.98. The van der Waals surface area contributed by atoms with E-state index in [1.807, 2.05) is 6.07 Å². The second-order valence-electron chi connectivity index (χ2n) is 4.55. The van der Waals surface area contributed by atoms with E-state index < -0.39 is 11.9 Å². The summed E-state index contributed by atoms with van der Waals surface area (Å²) in [5.41, 5.74) is 0.916. The van der Waals surface area contributed by atoms with E-state index in [0.717, 1.165) is 16.4 Å². The van der Waals surface area contributed by atoms with Gasteiger partial charge in [0.1, 0.15) is 0 Å². The lowest BCUT2D eigenvalue weighted by Gasteiger charge is -2.14. The molecular formula is C14H12F3N3. The van der Waals surface area contributed by atoms with E-state index in [2.05, 4.69) is 5.10 Å². The van der Waals surface area contributed by atoms with Crippen LogP contribution in [0.15, 0.2) is 24.4 Å². The van der Waals surface area contributed by atoms with Gasteiger partial charge >= 0.3 is 6.18 Å². The van der Waals surface area contributed by atoms with E-state index in [0.29, 0.717) is 11.3 Å². The van der Waals surface area contributed by atoms with Crippen LogP contribution in [-0.2, 0) is 12.6 Å². The summed E-state index contributed by atoms with van der Waals surface area (Å²) >= 11 is 0. The number of alkyl halides is 3.